The van der Waals surface area contributed by atoms with Crippen LogP contribution in [0.4, 0.5) is 0 Å². The molecule has 0 aliphatic heterocycles. The molecule has 2 nitrogen and oxygen atoms in total. The number of hydrogen-bond donors (Lipinski definition) is 1. The highest BCUT2D eigenvalue weighted by atomic mass is 35.5. The van der Waals surface area contributed by atoms with Crippen LogP contribution in [0.3, 0.4) is 0 Å². The Morgan fingerprint density at radius 3 is 2.48 bits per heavy atom. The third kappa shape index (κ3) is 3.33. The highest BCUT2D eigenvalue weighted by Gasteiger charge is 2.53. The average molecular weight is 330 g/mol. The van der Waals surface area contributed by atoms with Crippen LogP contribution in [0.1, 0.15) is 46.5 Å². The summed E-state index contributed by atoms with van der Waals surface area (Å²) in [5, 5.41) is 4.79. The van der Waals surface area contributed by atoms with Crippen molar-refractivity contribution in [2.24, 2.45) is 5.41 Å². The molecule has 0 aromatic heterocycles. The van der Waals surface area contributed by atoms with E-state index in [1.165, 1.54) is 6.42 Å². The van der Waals surface area contributed by atoms with Gasteiger partial charge in [0, 0.05) is 23.9 Å². The Balaban J connectivity index is 2.07. The molecular formula is C17H25Cl2NO. The van der Waals surface area contributed by atoms with E-state index in [4.69, 9.17) is 27.9 Å². The lowest BCUT2D eigenvalue weighted by molar-refractivity contribution is -0.0858. The van der Waals surface area contributed by atoms with Crippen molar-refractivity contribution in [2.75, 3.05) is 6.54 Å². The summed E-state index contributed by atoms with van der Waals surface area (Å²) in [5.41, 5.74) is 0.223. The standard InChI is InChI=1S/C17H25Cl2NO/c1-4-9-20-15-11-16(17(15,5-2)6-3)21-12-7-8-13(18)14(19)10-12/h7-8,10,15-16,20H,4-6,9,11H2,1-3H3. The SMILES string of the molecule is CCCNC1CC(Oc2ccc(Cl)c(Cl)c2)C1(CC)CC. The summed E-state index contributed by atoms with van der Waals surface area (Å²) in [7, 11) is 0. The highest BCUT2D eigenvalue weighted by molar-refractivity contribution is 6.42. The molecule has 1 saturated carbocycles. The molecule has 2 atom stereocenters. The Morgan fingerprint density at radius 1 is 1.19 bits per heavy atom. The van der Waals surface area contributed by atoms with Gasteiger partial charge in [-0.05, 0) is 37.9 Å². The van der Waals surface area contributed by atoms with Crippen LogP contribution >= 0.6 is 23.2 Å². The van der Waals surface area contributed by atoms with Gasteiger partial charge in [0.2, 0.25) is 0 Å². The normalized spacial score (nSPS) is 23.7. The van der Waals surface area contributed by atoms with E-state index in [1.54, 1.807) is 6.07 Å². The van der Waals surface area contributed by atoms with Crippen LogP contribution < -0.4 is 10.1 Å². The molecular weight excluding hydrogens is 305 g/mol. The number of halogens is 2. The van der Waals surface area contributed by atoms with Crippen LogP contribution in [0.25, 0.3) is 0 Å². The summed E-state index contributed by atoms with van der Waals surface area (Å²) in [6.07, 6.45) is 4.72. The summed E-state index contributed by atoms with van der Waals surface area (Å²) < 4.78 is 6.21. The molecule has 1 aliphatic rings. The molecule has 0 heterocycles. The molecule has 1 fully saturated rings. The van der Waals surface area contributed by atoms with Gasteiger partial charge < -0.3 is 10.1 Å². The predicted octanol–water partition coefficient (Wildman–Crippen LogP) is 5.32. The van der Waals surface area contributed by atoms with Crippen molar-refractivity contribution >= 4 is 23.2 Å². The summed E-state index contributed by atoms with van der Waals surface area (Å²) in [6.45, 7) is 7.80. The molecule has 0 spiro atoms. The Hall–Kier alpha value is -0.440. The van der Waals surface area contributed by atoms with E-state index in [-0.39, 0.29) is 11.5 Å². The zero-order chi connectivity index (χ0) is 15.5. The van der Waals surface area contributed by atoms with Crippen molar-refractivity contribution in [1.82, 2.24) is 5.32 Å². The monoisotopic (exact) mass is 329 g/mol. The summed E-state index contributed by atoms with van der Waals surface area (Å²) >= 11 is 12.0. The van der Waals surface area contributed by atoms with Gasteiger partial charge in [0.05, 0.1) is 10.0 Å². The minimum Gasteiger partial charge on any atom is -0.490 e. The molecule has 1 aliphatic carbocycles. The van der Waals surface area contributed by atoms with Gasteiger partial charge in [-0.1, -0.05) is 44.0 Å². The smallest absolute Gasteiger partial charge is 0.121 e. The van der Waals surface area contributed by atoms with E-state index < -0.39 is 0 Å². The second-order valence-corrected chi connectivity index (χ2v) is 6.68. The van der Waals surface area contributed by atoms with Gasteiger partial charge in [-0.25, -0.2) is 0 Å². The molecule has 1 aromatic carbocycles. The Labute approximate surface area is 138 Å². The number of ether oxygens (including phenoxy) is 1. The van der Waals surface area contributed by atoms with Crippen LogP contribution in [0.5, 0.6) is 5.75 Å². The maximum absolute atomic E-state index is 6.21. The van der Waals surface area contributed by atoms with E-state index in [9.17, 15) is 0 Å². The van der Waals surface area contributed by atoms with Crippen molar-refractivity contribution in [2.45, 2.75) is 58.6 Å². The van der Waals surface area contributed by atoms with E-state index in [2.05, 4.69) is 26.1 Å². The van der Waals surface area contributed by atoms with Crippen molar-refractivity contribution < 1.29 is 4.74 Å². The Morgan fingerprint density at radius 2 is 1.90 bits per heavy atom. The van der Waals surface area contributed by atoms with Crippen LogP contribution in [-0.2, 0) is 0 Å². The second kappa shape index (κ2) is 7.21. The van der Waals surface area contributed by atoms with Gasteiger partial charge in [-0.15, -0.1) is 0 Å². The summed E-state index contributed by atoms with van der Waals surface area (Å²) in [6, 6.07) is 6.06. The maximum atomic E-state index is 6.21. The highest BCUT2D eigenvalue weighted by Crippen LogP contribution is 2.49. The van der Waals surface area contributed by atoms with Crippen molar-refractivity contribution in [3.05, 3.63) is 28.2 Å². The molecule has 4 heteroatoms. The second-order valence-electron chi connectivity index (χ2n) is 5.87. The molecule has 1 aromatic rings. The van der Waals surface area contributed by atoms with Gasteiger partial charge in [0.25, 0.3) is 0 Å². The Bertz CT molecular complexity index is 474. The average Bonchev–Trinajstić information content (AvgIpc) is 2.47. The predicted molar refractivity (Wildman–Crippen MR) is 90.6 cm³/mol. The third-order valence-corrected chi connectivity index (χ3v) is 5.65. The first-order valence-electron chi connectivity index (χ1n) is 7.92. The largest absolute Gasteiger partial charge is 0.490 e. The molecule has 2 unspecified atom stereocenters. The van der Waals surface area contributed by atoms with Crippen molar-refractivity contribution in [3.8, 4) is 5.75 Å². The Kier molecular flexibility index (Phi) is 5.81. The van der Waals surface area contributed by atoms with Crippen molar-refractivity contribution in [1.29, 1.82) is 0 Å². The third-order valence-electron chi connectivity index (χ3n) is 4.91. The summed E-state index contributed by atoms with van der Waals surface area (Å²) in [4.78, 5) is 0. The quantitative estimate of drug-likeness (QED) is 0.730. The lowest BCUT2D eigenvalue weighted by Gasteiger charge is -2.55. The molecule has 2 rings (SSSR count). The molecule has 21 heavy (non-hydrogen) atoms. The topological polar surface area (TPSA) is 21.3 Å². The minimum absolute atomic E-state index is 0.223. The van der Waals surface area contributed by atoms with E-state index in [0.29, 0.717) is 16.1 Å². The lowest BCUT2D eigenvalue weighted by atomic mass is 9.58. The summed E-state index contributed by atoms with van der Waals surface area (Å²) in [5.74, 6) is 0.814. The van der Waals surface area contributed by atoms with Gasteiger partial charge in [0.1, 0.15) is 11.9 Å². The number of rotatable bonds is 7. The number of hydrogen-bond acceptors (Lipinski definition) is 2. The lowest BCUT2D eigenvalue weighted by Crippen LogP contribution is -2.64. The van der Waals surface area contributed by atoms with Crippen molar-refractivity contribution in [3.63, 3.8) is 0 Å². The van der Waals surface area contributed by atoms with Gasteiger partial charge >= 0.3 is 0 Å². The van der Waals surface area contributed by atoms with Gasteiger partial charge in [-0.2, -0.15) is 0 Å². The van der Waals surface area contributed by atoms with E-state index >= 15 is 0 Å². The molecule has 0 amide bonds. The first-order chi connectivity index (χ1) is 10.1. The fraction of sp³-hybridized carbons (Fsp3) is 0.647. The maximum Gasteiger partial charge on any atom is 0.121 e. The van der Waals surface area contributed by atoms with Crippen LogP contribution in [0.2, 0.25) is 10.0 Å². The van der Waals surface area contributed by atoms with E-state index in [0.717, 1.165) is 31.6 Å². The molecule has 1 N–H and O–H groups in total. The van der Waals surface area contributed by atoms with Gasteiger partial charge in [-0.3, -0.25) is 0 Å². The molecule has 0 saturated heterocycles. The molecule has 0 bridgehead atoms. The van der Waals surface area contributed by atoms with Crippen LogP contribution in [-0.4, -0.2) is 18.7 Å². The first kappa shape index (κ1) is 16.9. The van der Waals surface area contributed by atoms with Crippen LogP contribution in [0.15, 0.2) is 18.2 Å². The fourth-order valence-electron chi connectivity index (χ4n) is 3.43. The number of benzene rings is 1. The zero-order valence-electron chi connectivity index (χ0n) is 13.1. The van der Waals surface area contributed by atoms with Gasteiger partial charge in [0.15, 0.2) is 0 Å². The zero-order valence-corrected chi connectivity index (χ0v) is 14.6. The van der Waals surface area contributed by atoms with E-state index in [1.807, 2.05) is 12.1 Å². The minimum atomic E-state index is 0.223. The molecule has 0 radical (unpaired) electrons. The van der Waals surface area contributed by atoms with Crippen LogP contribution in [0, 0.1) is 5.41 Å². The number of nitrogens with one attached hydrogen (secondary N) is 1. The fourth-order valence-corrected chi connectivity index (χ4v) is 3.72. The first-order valence-corrected chi connectivity index (χ1v) is 8.68. The molecule has 118 valence electrons.